The van der Waals surface area contributed by atoms with Crippen molar-refractivity contribution in [3.05, 3.63) is 95.8 Å². The van der Waals surface area contributed by atoms with Crippen LogP contribution in [-0.4, -0.2) is 57.1 Å². The molecule has 1 atom stereocenters. The molecule has 0 spiro atoms. The summed E-state index contributed by atoms with van der Waals surface area (Å²) in [6.07, 6.45) is 1.57. The molecular weight excluding hydrogens is 545 g/mol. The lowest BCUT2D eigenvalue weighted by molar-refractivity contribution is -0.141. The molecule has 0 aromatic heterocycles. The van der Waals surface area contributed by atoms with E-state index < -0.39 is 21.9 Å². The van der Waals surface area contributed by atoms with E-state index in [9.17, 15) is 22.4 Å². The lowest BCUT2D eigenvalue weighted by atomic mass is 10.0. The summed E-state index contributed by atoms with van der Waals surface area (Å²) in [5, 5.41) is 2.95. The number of benzene rings is 3. The van der Waals surface area contributed by atoms with Gasteiger partial charge in [0.25, 0.3) is 0 Å². The van der Waals surface area contributed by atoms with E-state index >= 15 is 0 Å². The summed E-state index contributed by atoms with van der Waals surface area (Å²) in [7, 11) is -2.12. The largest absolute Gasteiger partial charge is 0.497 e. The molecule has 0 saturated carbocycles. The molecule has 220 valence electrons. The van der Waals surface area contributed by atoms with E-state index in [1.165, 1.54) is 24.3 Å². The first kappa shape index (κ1) is 31.6. The van der Waals surface area contributed by atoms with Crippen LogP contribution in [0.25, 0.3) is 0 Å². The molecule has 3 rings (SSSR count). The summed E-state index contributed by atoms with van der Waals surface area (Å²) in [5.74, 6) is -0.414. The highest BCUT2D eigenvalue weighted by atomic mass is 32.2. The van der Waals surface area contributed by atoms with Crippen LogP contribution in [0.2, 0.25) is 0 Å². The molecule has 1 N–H and O–H groups in total. The van der Waals surface area contributed by atoms with Crippen LogP contribution in [0.3, 0.4) is 0 Å². The van der Waals surface area contributed by atoms with Gasteiger partial charge in [0.05, 0.1) is 19.1 Å². The molecule has 0 bridgehead atoms. The van der Waals surface area contributed by atoms with Gasteiger partial charge in [0.1, 0.15) is 17.6 Å². The summed E-state index contributed by atoms with van der Waals surface area (Å²) >= 11 is 0. The minimum Gasteiger partial charge on any atom is -0.497 e. The van der Waals surface area contributed by atoms with E-state index in [1.807, 2.05) is 62.4 Å². The minimum absolute atomic E-state index is 0.00255. The van der Waals surface area contributed by atoms with Crippen LogP contribution in [0.5, 0.6) is 5.75 Å². The van der Waals surface area contributed by atoms with E-state index in [1.54, 1.807) is 18.1 Å². The second-order valence-electron chi connectivity index (χ2n) is 10.2. The Bertz CT molecular complexity index is 1400. The molecule has 3 aromatic carbocycles. The smallest absolute Gasteiger partial charge is 0.243 e. The number of halogens is 1. The molecule has 0 heterocycles. The molecule has 0 radical (unpaired) electrons. The highest BCUT2D eigenvalue weighted by molar-refractivity contribution is 7.92. The Balaban J connectivity index is 1.89. The molecule has 0 aliphatic carbocycles. The zero-order valence-corrected chi connectivity index (χ0v) is 24.7. The first-order chi connectivity index (χ1) is 19.5. The van der Waals surface area contributed by atoms with Crippen molar-refractivity contribution in [1.82, 2.24) is 10.2 Å². The van der Waals surface area contributed by atoms with Crippen LogP contribution in [0.4, 0.5) is 10.1 Å². The van der Waals surface area contributed by atoms with Crippen LogP contribution in [0.15, 0.2) is 78.9 Å². The Hall–Kier alpha value is -3.92. The Morgan fingerprint density at radius 1 is 0.951 bits per heavy atom. The SMILES string of the molecule is COc1cccc(CN(C(=O)CCCN(c2ccc(F)cc2)S(C)(=O)=O)[C@@H](Cc2ccccc2)C(=O)NC(C)C)c1. The predicted molar refractivity (Wildman–Crippen MR) is 159 cm³/mol. The maximum atomic E-state index is 13.8. The molecule has 3 aromatic rings. The van der Waals surface area contributed by atoms with Crippen LogP contribution in [0.1, 0.15) is 37.8 Å². The van der Waals surface area contributed by atoms with Crippen molar-refractivity contribution in [1.29, 1.82) is 0 Å². The Morgan fingerprint density at radius 2 is 1.61 bits per heavy atom. The number of sulfonamides is 1. The lowest BCUT2D eigenvalue weighted by Gasteiger charge is -2.32. The van der Waals surface area contributed by atoms with Crippen molar-refractivity contribution < 1.29 is 27.1 Å². The molecule has 8 nitrogen and oxygen atoms in total. The van der Waals surface area contributed by atoms with Gasteiger partial charge in [-0.05, 0) is 67.8 Å². The molecule has 10 heteroatoms. The fourth-order valence-corrected chi connectivity index (χ4v) is 5.48. The van der Waals surface area contributed by atoms with Crippen LogP contribution in [-0.2, 0) is 32.6 Å². The number of rotatable bonds is 14. The van der Waals surface area contributed by atoms with Gasteiger partial charge in [-0.25, -0.2) is 12.8 Å². The average molecular weight is 584 g/mol. The van der Waals surface area contributed by atoms with Gasteiger partial charge in [-0.3, -0.25) is 13.9 Å². The zero-order chi connectivity index (χ0) is 30.0. The van der Waals surface area contributed by atoms with Crippen molar-refractivity contribution in [3.8, 4) is 5.75 Å². The van der Waals surface area contributed by atoms with E-state index in [0.717, 1.165) is 21.7 Å². The van der Waals surface area contributed by atoms with Crippen molar-refractivity contribution in [3.63, 3.8) is 0 Å². The van der Waals surface area contributed by atoms with Crippen LogP contribution in [0, 0.1) is 5.82 Å². The average Bonchev–Trinajstić information content (AvgIpc) is 2.93. The zero-order valence-electron chi connectivity index (χ0n) is 23.9. The highest BCUT2D eigenvalue weighted by Crippen LogP contribution is 2.22. The number of hydrogen-bond acceptors (Lipinski definition) is 5. The maximum Gasteiger partial charge on any atom is 0.243 e. The summed E-state index contributed by atoms with van der Waals surface area (Å²) in [4.78, 5) is 28.9. The van der Waals surface area contributed by atoms with Gasteiger partial charge in [0, 0.05) is 32.0 Å². The third-order valence-corrected chi connectivity index (χ3v) is 7.65. The summed E-state index contributed by atoms with van der Waals surface area (Å²) in [6, 6.07) is 21.0. The molecule has 0 unspecified atom stereocenters. The Labute approximate surface area is 242 Å². The van der Waals surface area contributed by atoms with Crippen molar-refractivity contribution in [2.45, 2.75) is 51.7 Å². The molecular formula is C31H38FN3O5S. The Morgan fingerprint density at radius 3 is 2.22 bits per heavy atom. The van der Waals surface area contributed by atoms with E-state index in [0.29, 0.717) is 17.9 Å². The summed E-state index contributed by atoms with van der Waals surface area (Å²) in [5.41, 5.74) is 2.00. The predicted octanol–water partition coefficient (Wildman–Crippen LogP) is 4.55. The van der Waals surface area contributed by atoms with Gasteiger partial charge < -0.3 is 15.0 Å². The third-order valence-electron chi connectivity index (χ3n) is 6.46. The molecule has 0 aliphatic heterocycles. The second kappa shape index (κ2) is 14.6. The second-order valence-corrected chi connectivity index (χ2v) is 12.1. The number of nitrogens with zero attached hydrogens (tertiary/aromatic N) is 2. The first-order valence-corrected chi connectivity index (χ1v) is 15.3. The molecule has 0 aliphatic rings. The highest BCUT2D eigenvalue weighted by Gasteiger charge is 2.31. The monoisotopic (exact) mass is 583 g/mol. The van der Waals surface area contributed by atoms with E-state index in [4.69, 9.17) is 4.74 Å². The fourth-order valence-electron chi connectivity index (χ4n) is 4.51. The van der Waals surface area contributed by atoms with Crippen molar-refractivity contribution >= 4 is 27.5 Å². The summed E-state index contributed by atoms with van der Waals surface area (Å²) < 4.78 is 45.0. The topological polar surface area (TPSA) is 96.0 Å². The number of nitrogens with one attached hydrogen (secondary N) is 1. The van der Waals surface area contributed by atoms with Crippen LogP contribution < -0.4 is 14.4 Å². The normalized spacial score (nSPS) is 12.0. The number of methoxy groups -OCH3 is 1. The molecule has 0 fully saturated rings. The van der Waals surface area contributed by atoms with Gasteiger partial charge in [-0.1, -0.05) is 42.5 Å². The molecule has 2 amide bonds. The quantitative estimate of drug-likeness (QED) is 0.301. The number of amides is 2. The third kappa shape index (κ3) is 9.60. The minimum atomic E-state index is -3.68. The molecule has 41 heavy (non-hydrogen) atoms. The number of carbonyl (C=O) groups excluding carboxylic acids is 2. The van der Waals surface area contributed by atoms with Gasteiger partial charge in [0.2, 0.25) is 21.8 Å². The van der Waals surface area contributed by atoms with Gasteiger partial charge in [-0.2, -0.15) is 0 Å². The first-order valence-electron chi connectivity index (χ1n) is 13.5. The fraction of sp³-hybridized carbons (Fsp3) is 0.355. The summed E-state index contributed by atoms with van der Waals surface area (Å²) in [6.45, 7) is 3.90. The van der Waals surface area contributed by atoms with Gasteiger partial charge in [0.15, 0.2) is 0 Å². The number of hydrogen-bond donors (Lipinski definition) is 1. The van der Waals surface area contributed by atoms with E-state index in [2.05, 4.69) is 5.32 Å². The number of ether oxygens (including phenoxy) is 1. The number of anilines is 1. The van der Waals surface area contributed by atoms with Gasteiger partial charge in [-0.15, -0.1) is 0 Å². The van der Waals surface area contributed by atoms with E-state index in [-0.39, 0.29) is 43.8 Å². The maximum absolute atomic E-state index is 13.8. The molecule has 0 saturated heterocycles. The van der Waals surface area contributed by atoms with Crippen molar-refractivity contribution in [2.75, 3.05) is 24.2 Å². The standard InChI is InChI=1S/C31H38FN3O5S/c1-23(2)33-31(37)29(21-24-10-6-5-7-11-24)34(22-25-12-8-13-28(20-25)40-3)30(36)14-9-19-35(41(4,38)39)27-17-15-26(32)16-18-27/h5-8,10-13,15-18,20,23,29H,9,14,19,21-22H2,1-4H3,(H,33,37)/t29-/m0/s1. The van der Waals surface area contributed by atoms with Gasteiger partial charge >= 0.3 is 0 Å². The van der Waals surface area contributed by atoms with Crippen LogP contribution >= 0.6 is 0 Å². The van der Waals surface area contributed by atoms with Crippen molar-refractivity contribution in [2.24, 2.45) is 0 Å². The lowest BCUT2D eigenvalue weighted by Crippen LogP contribution is -2.51. The Kier molecular flexibility index (Phi) is 11.3. The number of carbonyl (C=O) groups is 2.